The van der Waals surface area contributed by atoms with E-state index in [2.05, 4.69) is 10.4 Å². The summed E-state index contributed by atoms with van der Waals surface area (Å²) in [5, 5.41) is 7.39. The summed E-state index contributed by atoms with van der Waals surface area (Å²) in [6.07, 6.45) is 3.58. The molecule has 1 amide bonds. The zero-order chi connectivity index (χ0) is 26.5. The second kappa shape index (κ2) is 10.7. The van der Waals surface area contributed by atoms with Crippen molar-refractivity contribution in [1.29, 1.82) is 0 Å². The lowest BCUT2D eigenvalue weighted by atomic mass is 10.1. The standard InChI is InChI=1S/C27H25N5O5/c1-18-9-11-19(12-10-18)22-15-23(32(29-22)21-7-5-4-6-8-21)28-24(33)17-37-25(34)14-13-20-16-30(2)27(36)31(3)26(20)35/h4-16H,17H2,1-3H3,(H,28,33)/b14-13+. The smallest absolute Gasteiger partial charge is 0.331 e. The average Bonchev–Trinajstić information content (AvgIpc) is 3.32. The number of nitrogens with one attached hydrogen (secondary N) is 1. The molecule has 10 nitrogen and oxygen atoms in total. The van der Waals surface area contributed by atoms with Crippen LogP contribution in [0.15, 0.2) is 82.5 Å². The molecule has 10 heteroatoms. The molecule has 0 saturated heterocycles. The average molecular weight is 500 g/mol. The predicted molar refractivity (Wildman–Crippen MR) is 139 cm³/mol. The number of benzene rings is 2. The van der Waals surface area contributed by atoms with Crippen LogP contribution in [-0.4, -0.2) is 37.4 Å². The second-order valence-electron chi connectivity index (χ2n) is 8.36. The number of amides is 1. The molecule has 0 aliphatic rings. The highest BCUT2D eigenvalue weighted by atomic mass is 16.5. The summed E-state index contributed by atoms with van der Waals surface area (Å²) in [4.78, 5) is 48.7. The molecule has 2 aromatic carbocycles. The van der Waals surface area contributed by atoms with Gasteiger partial charge in [0.25, 0.3) is 11.5 Å². The van der Waals surface area contributed by atoms with Gasteiger partial charge in [-0.1, -0.05) is 48.0 Å². The quantitative estimate of drug-likeness (QED) is 0.308. The van der Waals surface area contributed by atoms with E-state index in [0.717, 1.165) is 27.5 Å². The molecule has 0 aliphatic heterocycles. The molecule has 2 aromatic heterocycles. The van der Waals surface area contributed by atoms with Crippen molar-refractivity contribution in [1.82, 2.24) is 18.9 Å². The molecule has 37 heavy (non-hydrogen) atoms. The third-order valence-corrected chi connectivity index (χ3v) is 5.54. The van der Waals surface area contributed by atoms with Crippen molar-refractivity contribution < 1.29 is 14.3 Å². The van der Waals surface area contributed by atoms with Crippen LogP contribution in [0.2, 0.25) is 0 Å². The van der Waals surface area contributed by atoms with Crippen LogP contribution in [0.3, 0.4) is 0 Å². The SMILES string of the molecule is Cc1ccc(-c2cc(NC(=O)COC(=O)/C=C/c3cn(C)c(=O)n(C)c3=O)n(-c3ccccc3)n2)cc1. The van der Waals surface area contributed by atoms with Gasteiger partial charge in [-0.2, -0.15) is 5.10 Å². The first-order valence-electron chi connectivity index (χ1n) is 11.4. The molecule has 0 unspecified atom stereocenters. The lowest BCUT2D eigenvalue weighted by Crippen LogP contribution is -2.37. The van der Waals surface area contributed by atoms with Gasteiger partial charge in [-0.25, -0.2) is 14.3 Å². The van der Waals surface area contributed by atoms with Gasteiger partial charge in [-0.05, 0) is 25.1 Å². The molecule has 1 N–H and O–H groups in total. The molecule has 4 rings (SSSR count). The Morgan fingerprint density at radius 2 is 1.73 bits per heavy atom. The van der Waals surface area contributed by atoms with Crippen molar-refractivity contribution in [2.24, 2.45) is 14.1 Å². The fourth-order valence-electron chi connectivity index (χ4n) is 3.57. The van der Waals surface area contributed by atoms with Crippen LogP contribution in [0.25, 0.3) is 23.0 Å². The van der Waals surface area contributed by atoms with E-state index >= 15 is 0 Å². The van der Waals surface area contributed by atoms with Crippen molar-refractivity contribution >= 4 is 23.8 Å². The van der Waals surface area contributed by atoms with Crippen molar-refractivity contribution in [3.05, 3.63) is 105 Å². The minimum Gasteiger partial charge on any atom is -0.452 e. The highest BCUT2D eigenvalue weighted by Crippen LogP contribution is 2.25. The predicted octanol–water partition coefficient (Wildman–Crippen LogP) is 2.44. The van der Waals surface area contributed by atoms with E-state index in [1.54, 1.807) is 10.7 Å². The van der Waals surface area contributed by atoms with Gasteiger partial charge in [-0.3, -0.25) is 14.2 Å². The summed E-state index contributed by atoms with van der Waals surface area (Å²) < 4.78 is 8.78. The number of rotatable bonds is 7. The fraction of sp³-hybridized carbons (Fsp3) is 0.148. The Bertz CT molecular complexity index is 1600. The van der Waals surface area contributed by atoms with Crippen LogP contribution in [0.4, 0.5) is 5.82 Å². The Morgan fingerprint density at radius 3 is 2.43 bits per heavy atom. The van der Waals surface area contributed by atoms with E-state index < -0.39 is 29.7 Å². The van der Waals surface area contributed by atoms with E-state index in [0.29, 0.717) is 11.5 Å². The zero-order valence-electron chi connectivity index (χ0n) is 20.5. The van der Waals surface area contributed by atoms with Gasteiger partial charge in [0, 0.05) is 38.0 Å². The van der Waals surface area contributed by atoms with Gasteiger partial charge in [-0.15, -0.1) is 0 Å². The topological polar surface area (TPSA) is 117 Å². The number of ether oxygens (including phenoxy) is 1. The number of para-hydroxylation sites is 1. The van der Waals surface area contributed by atoms with E-state index in [-0.39, 0.29) is 5.56 Å². The van der Waals surface area contributed by atoms with Gasteiger partial charge >= 0.3 is 11.7 Å². The number of esters is 1. The number of carbonyl (C=O) groups is 2. The largest absolute Gasteiger partial charge is 0.452 e. The molecule has 0 bridgehead atoms. The van der Waals surface area contributed by atoms with Gasteiger partial charge in [0.15, 0.2) is 6.61 Å². The maximum atomic E-state index is 12.6. The number of hydrogen-bond donors (Lipinski definition) is 1. The Labute approximate surface area is 212 Å². The zero-order valence-corrected chi connectivity index (χ0v) is 20.5. The maximum Gasteiger partial charge on any atom is 0.331 e. The monoisotopic (exact) mass is 499 g/mol. The molecule has 4 aromatic rings. The number of carbonyl (C=O) groups excluding carboxylic acids is 2. The summed E-state index contributed by atoms with van der Waals surface area (Å²) in [5.74, 6) is -0.970. The number of nitrogens with zero attached hydrogens (tertiary/aromatic N) is 4. The van der Waals surface area contributed by atoms with Gasteiger partial charge in [0.2, 0.25) is 0 Å². The Kier molecular flexibility index (Phi) is 7.28. The summed E-state index contributed by atoms with van der Waals surface area (Å²) in [5.41, 5.74) is 2.50. The summed E-state index contributed by atoms with van der Waals surface area (Å²) in [6, 6.07) is 18.9. The van der Waals surface area contributed by atoms with E-state index in [1.807, 2.05) is 61.5 Å². The molecule has 0 fully saturated rings. The van der Waals surface area contributed by atoms with Gasteiger partial charge in [0.1, 0.15) is 5.82 Å². The highest BCUT2D eigenvalue weighted by molar-refractivity contribution is 5.94. The van der Waals surface area contributed by atoms with Crippen LogP contribution in [0.5, 0.6) is 0 Å². The normalized spacial score (nSPS) is 11.0. The molecule has 2 heterocycles. The van der Waals surface area contributed by atoms with Crippen molar-refractivity contribution in [3.63, 3.8) is 0 Å². The van der Waals surface area contributed by atoms with Crippen LogP contribution in [0.1, 0.15) is 11.1 Å². The maximum absolute atomic E-state index is 12.6. The number of aromatic nitrogens is 4. The molecular formula is C27H25N5O5. The Balaban J connectivity index is 1.47. The van der Waals surface area contributed by atoms with E-state index in [4.69, 9.17) is 4.74 Å². The lowest BCUT2D eigenvalue weighted by Gasteiger charge is -2.08. The molecule has 0 radical (unpaired) electrons. The van der Waals surface area contributed by atoms with Crippen molar-refractivity contribution in [2.45, 2.75) is 6.92 Å². The minimum atomic E-state index is -0.817. The van der Waals surface area contributed by atoms with Crippen molar-refractivity contribution in [2.75, 3.05) is 11.9 Å². The molecular weight excluding hydrogens is 474 g/mol. The fourth-order valence-corrected chi connectivity index (χ4v) is 3.57. The lowest BCUT2D eigenvalue weighted by molar-refractivity contribution is -0.142. The Morgan fingerprint density at radius 1 is 1.03 bits per heavy atom. The second-order valence-corrected chi connectivity index (χ2v) is 8.36. The third kappa shape index (κ3) is 5.81. The van der Waals surface area contributed by atoms with Crippen LogP contribution in [-0.2, 0) is 28.4 Å². The molecule has 188 valence electrons. The summed E-state index contributed by atoms with van der Waals surface area (Å²) >= 11 is 0. The molecule has 0 atom stereocenters. The van der Waals surface area contributed by atoms with Crippen LogP contribution in [0, 0.1) is 6.92 Å². The summed E-state index contributed by atoms with van der Waals surface area (Å²) in [7, 11) is 2.83. The number of anilines is 1. The number of aryl methyl sites for hydroxylation is 2. The van der Waals surface area contributed by atoms with Gasteiger partial charge < -0.3 is 14.6 Å². The first-order chi connectivity index (χ1) is 17.7. The molecule has 0 spiro atoms. The summed E-state index contributed by atoms with van der Waals surface area (Å²) in [6.45, 7) is 1.45. The third-order valence-electron chi connectivity index (χ3n) is 5.54. The molecule has 0 aliphatic carbocycles. The first kappa shape index (κ1) is 25.1. The van der Waals surface area contributed by atoms with Crippen LogP contribution >= 0.6 is 0 Å². The van der Waals surface area contributed by atoms with E-state index in [9.17, 15) is 19.2 Å². The van der Waals surface area contributed by atoms with Gasteiger partial charge in [0.05, 0.1) is 16.9 Å². The highest BCUT2D eigenvalue weighted by Gasteiger charge is 2.15. The molecule has 0 saturated carbocycles. The number of hydrogen-bond acceptors (Lipinski definition) is 6. The van der Waals surface area contributed by atoms with E-state index in [1.165, 1.54) is 30.9 Å². The first-order valence-corrected chi connectivity index (χ1v) is 11.4. The Hall–Kier alpha value is -4.99. The van der Waals surface area contributed by atoms with Crippen molar-refractivity contribution in [3.8, 4) is 16.9 Å². The van der Waals surface area contributed by atoms with Crippen LogP contribution < -0.4 is 16.6 Å². The minimum absolute atomic E-state index is 0.126.